The van der Waals surface area contributed by atoms with E-state index in [9.17, 15) is 14.4 Å². The molecule has 1 aromatic heterocycles. The highest BCUT2D eigenvalue weighted by Gasteiger charge is 2.65. The second kappa shape index (κ2) is 4.90. The van der Waals surface area contributed by atoms with Gasteiger partial charge in [-0.3, -0.25) is 9.59 Å². The summed E-state index contributed by atoms with van der Waals surface area (Å²) >= 11 is 1.16. The fourth-order valence-electron chi connectivity index (χ4n) is 2.46. The molecule has 2 N–H and O–H groups in total. The van der Waals surface area contributed by atoms with Crippen molar-refractivity contribution in [2.75, 3.05) is 12.4 Å². The average molecular weight is 297 g/mol. The Labute approximate surface area is 119 Å². The minimum atomic E-state index is -0.978. The van der Waals surface area contributed by atoms with Crippen molar-refractivity contribution in [3.05, 3.63) is 16.3 Å². The molecule has 6 nitrogen and oxygen atoms in total. The number of amides is 1. The van der Waals surface area contributed by atoms with Gasteiger partial charge in [-0.15, -0.1) is 11.3 Å². The van der Waals surface area contributed by atoms with E-state index < -0.39 is 29.2 Å². The molecule has 0 bridgehead atoms. The van der Waals surface area contributed by atoms with Gasteiger partial charge in [0, 0.05) is 0 Å². The molecule has 0 radical (unpaired) electrons. The van der Waals surface area contributed by atoms with Crippen molar-refractivity contribution in [3.63, 3.8) is 0 Å². The lowest BCUT2D eigenvalue weighted by Crippen LogP contribution is -2.18. The highest BCUT2D eigenvalue weighted by molar-refractivity contribution is 7.12. The summed E-state index contributed by atoms with van der Waals surface area (Å²) in [6.07, 6.45) is 0. The molecular weight excluding hydrogens is 282 g/mol. The molecule has 2 rings (SSSR count). The van der Waals surface area contributed by atoms with E-state index >= 15 is 0 Å². The quantitative estimate of drug-likeness (QED) is 0.827. The highest BCUT2D eigenvalue weighted by Crippen LogP contribution is 2.58. The molecule has 0 saturated heterocycles. The van der Waals surface area contributed by atoms with Gasteiger partial charge in [0.2, 0.25) is 5.91 Å². The lowest BCUT2D eigenvalue weighted by Gasteiger charge is -2.06. The summed E-state index contributed by atoms with van der Waals surface area (Å²) in [5.41, 5.74) is -0.212. The number of carboxylic acids is 1. The Bertz CT molecular complexity index is 577. The zero-order valence-electron chi connectivity index (χ0n) is 11.3. The standard InChI is InChI=1S/C13H15NO5S/c1-13(2)7(8(13)11(16)17)10(15)14-6-4-5-20-9(6)12(18)19-3/h4-5,7-8H,1-3H3,(H,14,15)(H,16,17). The van der Waals surface area contributed by atoms with Crippen molar-refractivity contribution in [3.8, 4) is 0 Å². The third-order valence-corrected chi connectivity index (χ3v) is 4.56. The number of hydrogen-bond donors (Lipinski definition) is 2. The van der Waals surface area contributed by atoms with Gasteiger partial charge in [0.25, 0.3) is 0 Å². The van der Waals surface area contributed by atoms with Crippen LogP contribution in [0.4, 0.5) is 5.69 Å². The molecule has 1 amide bonds. The first-order valence-electron chi connectivity index (χ1n) is 6.00. The van der Waals surface area contributed by atoms with Crippen LogP contribution in [0.2, 0.25) is 0 Å². The first kappa shape index (κ1) is 14.5. The summed E-state index contributed by atoms with van der Waals surface area (Å²) in [4.78, 5) is 35.0. The van der Waals surface area contributed by atoms with Gasteiger partial charge in [-0.2, -0.15) is 0 Å². The molecule has 1 aromatic rings. The van der Waals surface area contributed by atoms with Crippen LogP contribution >= 0.6 is 11.3 Å². The smallest absolute Gasteiger partial charge is 0.350 e. The van der Waals surface area contributed by atoms with Crippen molar-refractivity contribution in [1.82, 2.24) is 0 Å². The number of aliphatic carboxylic acids is 1. The van der Waals surface area contributed by atoms with Crippen LogP contribution in [0, 0.1) is 17.3 Å². The van der Waals surface area contributed by atoms with E-state index in [-0.39, 0.29) is 5.91 Å². The number of methoxy groups -OCH3 is 1. The highest BCUT2D eigenvalue weighted by atomic mass is 32.1. The molecule has 20 heavy (non-hydrogen) atoms. The van der Waals surface area contributed by atoms with Gasteiger partial charge < -0.3 is 15.2 Å². The second-order valence-electron chi connectivity index (χ2n) is 5.26. The monoisotopic (exact) mass is 297 g/mol. The summed E-state index contributed by atoms with van der Waals surface area (Å²) in [5.74, 6) is -3.17. The van der Waals surface area contributed by atoms with E-state index in [1.165, 1.54) is 7.11 Å². The SMILES string of the molecule is COC(=O)c1sccc1NC(=O)C1C(C(=O)O)C1(C)C. The van der Waals surface area contributed by atoms with Crippen molar-refractivity contribution < 1.29 is 24.2 Å². The van der Waals surface area contributed by atoms with Gasteiger partial charge in [-0.25, -0.2) is 4.79 Å². The van der Waals surface area contributed by atoms with E-state index in [0.717, 1.165) is 11.3 Å². The fourth-order valence-corrected chi connectivity index (χ4v) is 3.22. The molecule has 0 spiro atoms. The number of thiophene rings is 1. The lowest BCUT2D eigenvalue weighted by atomic mass is 10.1. The minimum Gasteiger partial charge on any atom is -0.481 e. The van der Waals surface area contributed by atoms with Gasteiger partial charge in [-0.05, 0) is 16.9 Å². The zero-order valence-corrected chi connectivity index (χ0v) is 12.1. The van der Waals surface area contributed by atoms with Gasteiger partial charge in [0.05, 0.1) is 24.6 Å². The van der Waals surface area contributed by atoms with E-state index in [2.05, 4.69) is 10.1 Å². The van der Waals surface area contributed by atoms with Crippen LogP contribution < -0.4 is 5.32 Å². The third kappa shape index (κ3) is 2.29. The van der Waals surface area contributed by atoms with Gasteiger partial charge in [-0.1, -0.05) is 13.8 Å². The predicted molar refractivity (Wildman–Crippen MR) is 72.7 cm³/mol. The number of esters is 1. The second-order valence-corrected chi connectivity index (χ2v) is 6.18. The molecule has 1 fully saturated rings. The van der Waals surface area contributed by atoms with Crippen LogP contribution in [0.15, 0.2) is 11.4 Å². The number of rotatable bonds is 4. The topological polar surface area (TPSA) is 92.7 Å². The fraction of sp³-hybridized carbons (Fsp3) is 0.462. The summed E-state index contributed by atoms with van der Waals surface area (Å²) in [6.45, 7) is 3.48. The van der Waals surface area contributed by atoms with Crippen molar-refractivity contribution in [1.29, 1.82) is 0 Å². The number of carbonyl (C=O) groups excluding carboxylic acids is 2. The number of nitrogens with one attached hydrogen (secondary N) is 1. The normalized spacial score (nSPS) is 22.9. The van der Waals surface area contributed by atoms with Crippen molar-refractivity contribution in [2.24, 2.45) is 17.3 Å². The summed E-state index contributed by atoms with van der Waals surface area (Å²) in [5, 5.41) is 13.3. The third-order valence-electron chi connectivity index (χ3n) is 3.67. The van der Waals surface area contributed by atoms with Crippen LogP contribution in [0.5, 0.6) is 0 Å². The molecule has 1 aliphatic rings. The molecule has 1 aliphatic carbocycles. The molecule has 0 aromatic carbocycles. The Kier molecular flexibility index (Phi) is 3.56. The molecule has 0 aliphatic heterocycles. The van der Waals surface area contributed by atoms with Gasteiger partial charge in [0.1, 0.15) is 4.88 Å². The minimum absolute atomic E-state index is 0.297. The van der Waals surface area contributed by atoms with Crippen LogP contribution in [-0.4, -0.2) is 30.1 Å². The van der Waals surface area contributed by atoms with E-state index in [1.807, 2.05) is 0 Å². The Morgan fingerprint density at radius 1 is 1.35 bits per heavy atom. The van der Waals surface area contributed by atoms with Crippen LogP contribution in [0.1, 0.15) is 23.5 Å². The van der Waals surface area contributed by atoms with Crippen LogP contribution in [-0.2, 0) is 14.3 Å². The Morgan fingerprint density at radius 3 is 2.50 bits per heavy atom. The Balaban J connectivity index is 2.13. The largest absolute Gasteiger partial charge is 0.481 e. The first-order valence-corrected chi connectivity index (χ1v) is 6.88. The number of hydrogen-bond acceptors (Lipinski definition) is 5. The number of carboxylic acid groups (broad SMARTS) is 1. The zero-order chi connectivity index (χ0) is 15.1. The molecule has 2 unspecified atom stereocenters. The molecule has 1 heterocycles. The Morgan fingerprint density at radius 2 is 2.00 bits per heavy atom. The lowest BCUT2D eigenvalue weighted by molar-refractivity contribution is -0.140. The molecule has 7 heteroatoms. The van der Waals surface area contributed by atoms with Gasteiger partial charge >= 0.3 is 11.9 Å². The van der Waals surface area contributed by atoms with Crippen LogP contribution in [0.25, 0.3) is 0 Å². The molecule has 1 saturated carbocycles. The number of ether oxygens (including phenoxy) is 1. The maximum Gasteiger partial charge on any atom is 0.350 e. The maximum atomic E-state index is 12.1. The summed E-state index contributed by atoms with van der Waals surface area (Å²) < 4.78 is 4.62. The summed E-state index contributed by atoms with van der Waals surface area (Å²) in [7, 11) is 1.26. The van der Waals surface area contributed by atoms with E-state index in [1.54, 1.807) is 25.3 Å². The molecular formula is C13H15NO5S. The van der Waals surface area contributed by atoms with Crippen LogP contribution in [0.3, 0.4) is 0 Å². The summed E-state index contributed by atoms with van der Waals surface area (Å²) in [6, 6.07) is 1.60. The van der Waals surface area contributed by atoms with E-state index in [4.69, 9.17) is 5.11 Å². The molecule has 2 atom stereocenters. The first-order chi connectivity index (χ1) is 9.30. The van der Waals surface area contributed by atoms with Crippen molar-refractivity contribution >= 4 is 34.9 Å². The maximum absolute atomic E-state index is 12.1. The molecule has 108 valence electrons. The predicted octanol–water partition coefficient (Wildman–Crippen LogP) is 1.83. The van der Waals surface area contributed by atoms with Crippen molar-refractivity contribution in [2.45, 2.75) is 13.8 Å². The van der Waals surface area contributed by atoms with E-state index in [0.29, 0.717) is 10.6 Å². The number of anilines is 1. The average Bonchev–Trinajstić information content (AvgIpc) is 2.71. The van der Waals surface area contributed by atoms with Gasteiger partial charge in [0.15, 0.2) is 0 Å². The number of carbonyl (C=O) groups is 3. The Hall–Kier alpha value is -1.89.